The van der Waals surface area contributed by atoms with Crippen molar-refractivity contribution in [2.45, 2.75) is 33.1 Å². The molecule has 0 bridgehead atoms. The molecule has 2 rings (SSSR count). The van der Waals surface area contributed by atoms with Crippen molar-refractivity contribution in [3.05, 3.63) is 54.1 Å². The zero-order valence-corrected chi connectivity index (χ0v) is 16.8. The highest BCUT2D eigenvalue weighted by Crippen LogP contribution is 2.16. The average molecular weight is 397 g/mol. The Kier molecular flexibility index (Phi) is 9.21. The number of nitrogens with one attached hydrogen (secondary N) is 2. The Balaban J connectivity index is 1.77. The van der Waals surface area contributed by atoms with E-state index in [1.54, 1.807) is 24.3 Å². The maximum absolute atomic E-state index is 12.0. The van der Waals surface area contributed by atoms with Gasteiger partial charge in [-0.2, -0.15) is 5.10 Å². The number of anilines is 1. The molecular formula is C22H27N3O4. The Morgan fingerprint density at radius 3 is 2.52 bits per heavy atom. The Morgan fingerprint density at radius 2 is 1.79 bits per heavy atom. The van der Waals surface area contributed by atoms with Gasteiger partial charge in [0.05, 0.1) is 19.4 Å². The second kappa shape index (κ2) is 12.2. The Morgan fingerprint density at radius 1 is 1.00 bits per heavy atom. The highest BCUT2D eigenvalue weighted by atomic mass is 16.5. The highest BCUT2D eigenvalue weighted by molar-refractivity contribution is 6.03. The molecule has 0 aliphatic heterocycles. The predicted octanol–water partition coefficient (Wildman–Crippen LogP) is 3.74. The first-order valence-corrected chi connectivity index (χ1v) is 9.68. The van der Waals surface area contributed by atoms with Crippen molar-refractivity contribution in [3.63, 3.8) is 0 Å². The number of rotatable bonds is 11. The first-order valence-electron chi connectivity index (χ1n) is 9.68. The minimum absolute atomic E-state index is 0.329. The van der Waals surface area contributed by atoms with E-state index in [9.17, 15) is 9.59 Å². The summed E-state index contributed by atoms with van der Waals surface area (Å²) in [5, 5.41) is 6.55. The molecule has 0 fully saturated rings. The molecule has 0 radical (unpaired) electrons. The van der Waals surface area contributed by atoms with Crippen LogP contribution in [0.1, 0.15) is 38.7 Å². The van der Waals surface area contributed by atoms with Crippen LogP contribution >= 0.6 is 0 Å². The molecule has 0 saturated carbocycles. The summed E-state index contributed by atoms with van der Waals surface area (Å²) in [6.45, 7) is 5.24. The van der Waals surface area contributed by atoms with Crippen LogP contribution in [0.3, 0.4) is 0 Å². The SMILES string of the molecule is CCCCOc1cccc(C=NNC(=O)CC(=O)Nc2ccc(OCC)cc2)c1. The summed E-state index contributed by atoms with van der Waals surface area (Å²) in [5.41, 5.74) is 3.74. The van der Waals surface area contributed by atoms with Crippen molar-refractivity contribution in [1.29, 1.82) is 0 Å². The third kappa shape index (κ3) is 8.47. The van der Waals surface area contributed by atoms with Gasteiger partial charge in [-0.05, 0) is 55.3 Å². The molecular weight excluding hydrogens is 370 g/mol. The van der Waals surface area contributed by atoms with Gasteiger partial charge in [-0.1, -0.05) is 25.5 Å². The van der Waals surface area contributed by atoms with E-state index in [4.69, 9.17) is 9.47 Å². The minimum atomic E-state index is -0.500. The number of unbranched alkanes of at least 4 members (excludes halogenated alkanes) is 1. The molecule has 0 aliphatic carbocycles. The lowest BCUT2D eigenvalue weighted by Crippen LogP contribution is -2.24. The molecule has 0 saturated heterocycles. The van der Waals surface area contributed by atoms with E-state index in [0.717, 1.165) is 29.9 Å². The van der Waals surface area contributed by atoms with Crippen LogP contribution in [0.4, 0.5) is 5.69 Å². The van der Waals surface area contributed by atoms with Crippen LogP contribution in [-0.4, -0.2) is 31.2 Å². The molecule has 2 N–H and O–H groups in total. The molecule has 0 unspecified atom stereocenters. The molecule has 7 nitrogen and oxygen atoms in total. The monoisotopic (exact) mass is 397 g/mol. The summed E-state index contributed by atoms with van der Waals surface area (Å²) in [6.07, 6.45) is 3.24. The summed E-state index contributed by atoms with van der Waals surface area (Å²) >= 11 is 0. The van der Waals surface area contributed by atoms with E-state index in [2.05, 4.69) is 22.8 Å². The molecule has 7 heteroatoms. The number of benzene rings is 2. The average Bonchev–Trinajstić information content (AvgIpc) is 2.70. The highest BCUT2D eigenvalue weighted by Gasteiger charge is 2.09. The van der Waals surface area contributed by atoms with Gasteiger partial charge in [-0.15, -0.1) is 0 Å². The van der Waals surface area contributed by atoms with Crippen molar-refractivity contribution < 1.29 is 19.1 Å². The fourth-order valence-corrected chi connectivity index (χ4v) is 2.39. The van der Waals surface area contributed by atoms with E-state index in [0.29, 0.717) is 18.9 Å². The van der Waals surface area contributed by atoms with Gasteiger partial charge in [0.1, 0.15) is 17.9 Å². The van der Waals surface area contributed by atoms with Crippen LogP contribution in [0.2, 0.25) is 0 Å². The zero-order valence-electron chi connectivity index (χ0n) is 16.8. The third-order valence-electron chi connectivity index (χ3n) is 3.80. The van der Waals surface area contributed by atoms with E-state index in [-0.39, 0.29) is 6.42 Å². The van der Waals surface area contributed by atoms with E-state index < -0.39 is 11.8 Å². The topological polar surface area (TPSA) is 89.0 Å². The number of hydrazone groups is 1. The van der Waals surface area contributed by atoms with Crippen LogP contribution in [0.5, 0.6) is 11.5 Å². The number of amides is 2. The van der Waals surface area contributed by atoms with Crippen LogP contribution in [0, 0.1) is 0 Å². The van der Waals surface area contributed by atoms with Crippen LogP contribution < -0.4 is 20.2 Å². The van der Waals surface area contributed by atoms with Crippen molar-refractivity contribution in [1.82, 2.24) is 5.43 Å². The Labute approximate surface area is 171 Å². The predicted molar refractivity (Wildman–Crippen MR) is 113 cm³/mol. The summed E-state index contributed by atoms with van der Waals surface area (Å²) in [4.78, 5) is 23.8. The van der Waals surface area contributed by atoms with E-state index >= 15 is 0 Å². The first kappa shape index (κ1) is 21.9. The van der Waals surface area contributed by atoms with Gasteiger partial charge in [-0.3, -0.25) is 9.59 Å². The number of hydrogen-bond donors (Lipinski definition) is 2. The van der Waals surface area contributed by atoms with Gasteiger partial charge in [0.2, 0.25) is 11.8 Å². The van der Waals surface area contributed by atoms with Gasteiger partial charge in [-0.25, -0.2) is 5.43 Å². The Bertz CT molecular complexity index is 819. The lowest BCUT2D eigenvalue weighted by atomic mass is 10.2. The van der Waals surface area contributed by atoms with Gasteiger partial charge in [0, 0.05) is 5.69 Å². The molecule has 2 amide bonds. The van der Waals surface area contributed by atoms with Crippen molar-refractivity contribution >= 4 is 23.7 Å². The summed E-state index contributed by atoms with van der Waals surface area (Å²) in [7, 11) is 0. The lowest BCUT2D eigenvalue weighted by molar-refractivity contribution is -0.126. The third-order valence-corrected chi connectivity index (χ3v) is 3.80. The first-order chi connectivity index (χ1) is 14.1. The molecule has 154 valence electrons. The number of nitrogens with zero attached hydrogens (tertiary/aromatic N) is 1. The minimum Gasteiger partial charge on any atom is -0.494 e. The van der Waals surface area contributed by atoms with E-state index in [1.165, 1.54) is 6.21 Å². The van der Waals surface area contributed by atoms with Crippen molar-refractivity contribution in [2.75, 3.05) is 18.5 Å². The van der Waals surface area contributed by atoms with Gasteiger partial charge < -0.3 is 14.8 Å². The zero-order chi connectivity index (χ0) is 20.9. The molecule has 0 spiro atoms. The van der Waals surface area contributed by atoms with Crippen LogP contribution in [-0.2, 0) is 9.59 Å². The second-order valence-electron chi connectivity index (χ2n) is 6.25. The maximum Gasteiger partial charge on any atom is 0.249 e. The number of carbonyl (C=O) groups excluding carboxylic acids is 2. The number of carbonyl (C=O) groups is 2. The standard InChI is InChI=1S/C22H27N3O4/c1-3-5-13-29-20-8-6-7-17(14-20)16-23-25-22(27)15-21(26)24-18-9-11-19(12-10-18)28-4-2/h6-12,14,16H,3-5,13,15H2,1-2H3,(H,24,26)(H,25,27). The van der Waals surface area contributed by atoms with E-state index in [1.807, 2.05) is 31.2 Å². The largest absolute Gasteiger partial charge is 0.494 e. The quantitative estimate of drug-likeness (QED) is 0.262. The van der Waals surface area contributed by atoms with Gasteiger partial charge in [0.15, 0.2) is 0 Å². The van der Waals surface area contributed by atoms with Gasteiger partial charge >= 0.3 is 0 Å². The molecule has 0 aromatic heterocycles. The smallest absolute Gasteiger partial charge is 0.249 e. The molecule has 0 atom stereocenters. The van der Waals surface area contributed by atoms with Crippen molar-refractivity contribution in [2.24, 2.45) is 5.10 Å². The summed E-state index contributed by atoms with van der Waals surface area (Å²) < 4.78 is 11.0. The molecule has 2 aromatic carbocycles. The molecule has 2 aromatic rings. The second-order valence-corrected chi connectivity index (χ2v) is 6.25. The molecule has 0 heterocycles. The lowest BCUT2D eigenvalue weighted by Gasteiger charge is -2.07. The number of hydrogen-bond acceptors (Lipinski definition) is 5. The van der Waals surface area contributed by atoms with Crippen LogP contribution in [0.15, 0.2) is 53.6 Å². The fourth-order valence-electron chi connectivity index (χ4n) is 2.39. The summed E-state index contributed by atoms with van der Waals surface area (Å²) in [5.74, 6) is 0.550. The Hall–Kier alpha value is -3.35. The molecule has 29 heavy (non-hydrogen) atoms. The maximum atomic E-state index is 12.0. The number of ether oxygens (including phenoxy) is 2. The molecule has 0 aliphatic rings. The van der Waals surface area contributed by atoms with Crippen molar-refractivity contribution in [3.8, 4) is 11.5 Å². The fraction of sp³-hybridized carbons (Fsp3) is 0.318. The normalized spacial score (nSPS) is 10.6. The van der Waals surface area contributed by atoms with Gasteiger partial charge in [0.25, 0.3) is 0 Å². The van der Waals surface area contributed by atoms with Crippen LogP contribution in [0.25, 0.3) is 0 Å². The summed E-state index contributed by atoms with van der Waals surface area (Å²) in [6, 6.07) is 14.4.